The van der Waals surface area contributed by atoms with Crippen molar-refractivity contribution in [1.82, 2.24) is 5.32 Å². The molecule has 0 bridgehead atoms. The van der Waals surface area contributed by atoms with Crippen LogP contribution in [0.15, 0.2) is 24.3 Å². The van der Waals surface area contributed by atoms with Crippen molar-refractivity contribution in [2.24, 2.45) is 0 Å². The Morgan fingerprint density at radius 3 is 1.07 bits per heavy atom. The zero-order valence-corrected chi connectivity index (χ0v) is 37.8. The van der Waals surface area contributed by atoms with E-state index in [2.05, 4.69) is 43.5 Å². The van der Waals surface area contributed by atoms with Crippen LogP contribution in [0.25, 0.3) is 0 Å². The molecule has 0 aromatic carbocycles. The molecule has 5 nitrogen and oxygen atoms in total. The van der Waals surface area contributed by atoms with Crippen molar-refractivity contribution in [3.63, 3.8) is 0 Å². The molecule has 4 N–H and O–H groups in total. The number of carbonyl (C=O) groups is 1. The van der Waals surface area contributed by atoms with Crippen LogP contribution in [0, 0.1) is 0 Å². The fraction of sp³-hybridized carbons (Fsp3) is 0.902. The van der Waals surface area contributed by atoms with Gasteiger partial charge in [0.1, 0.15) is 6.10 Å². The predicted molar refractivity (Wildman–Crippen MR) is 245 cm³/mol. The molecule has 0 saturated carbocycles. The normalized spacial score (nSPS) is 13.6. The number of rotatable bonds is 46. The summed E-state index contributed by atoms with van der Waals surface area (Å²) in [6, 6.07) is -0.713. The minimum Gasteiger partial charge on any atom is -0.394 e. The standard InChI is InChI=1S/C51H99NO4/c1-3-5-7-9-11-13-15-17-19-21-23-24-25-26-27-28-30-32-34-36-38-40-42-44-46-50(55)51(56)52-48(47-53)49(54)45-43-41-39-37-35-33-31-29-22-20-18-16-14-12-10-8-6-4-2/h23-24,26-27,48-50,53-55H,3-22,25,28-47H2,1-2H3,(H,52,56)/b24-23-,27-26-. The number of hydrogen-bond acceptors (Lipinski definition) is 4. The first-order valence-corrected chi connectivity index (χ1v) is 25.1. The van der Waals surface area contributed by atoms with Crippen LogP contribution in [-0.4, -0.2) is 46.1 Å². The van der Waals surface area contributed by atoms with E-state index in [0.717, 1.165) is 38.5 Å². The second kappa shape index (κ2) is 46.5. The molecule has 1 amide bonds. The maximum atomic E-state index is 12.5. The smallest absolute Gasteiger partial charge is 0.249 e. The van der Waals surface area contributed by atoms with E-state index in [1.807, 2.05) is 0 Å². The van der Waals surface area contributed by atoms with Gasteiger partial charge in [0.2, 0.25) is 5.91 Å². The fourth-order valence-corrected chi connectivity index (χ4v) is 7.87. The number of aliphatic hydroxyl groups is 3. The van der Waals surface area contributed by atoms with Crippen LogP contribution in [-0.2, 0) is 4.79 Å². The largest absolute Gasteiger partial charge is 0.394 e. The lowest BCUT2D eigenvalue weighted by molar-refractivity contribution is -0.131. The molecular weight excluding hydrogens is 691 g/mol. The Hall–Kier alpha value is -1.17. The highest BCUT2D eigenvalue weighted by Crippen LogP contribution is 2.17. The molecule has 0 aliphatic rings. The average Bonchev–Trinajstić information content (AvgIpc) is 3.20. The molecule has 0 fully saturated rings. The lowest BCUT2D eigenvalue weighted by Crippen LogP contribution is -2.49. The number of amides is 1. The van der Waals surface area contributed by atoms with Crippen LogP contribution >= 0.6 is 0 Å². The van der Waals surface area contributed by atoms with E-state index in [1.165, 1.54) is 205 Å². The van der Waals surface area contributed by atoms with E-state index in [-0.39, 0.29) is 6.61 Å². The molecule has 3 atom stereocenters. The van der Waals surface area contributed by atoms with Gasteiger partial charge in [-0.3, -0.25) is 4.79 Å². The van der Waals surface area contributed by atoms with E-state index in [9.17, 15) is 20.1 Å². The number of unbranched alkanes of at least 4 members (excludes halogenated alkanes) is 34. The Morgan fingerprint density at radius 2 is 0.732 bits per heavy atom. The summed E-state index contributed by atoms with van der Waals surface area (Å²) in [5.41, 5.74) is 0. The number of nitrogens with one attached hydrogen (secondary N) is 1. The molecule has 3 unspecified atom stereocenters. The molecule has 0 aliphatic heterocycles. The van der Waals surface area contributed by atoms with E-state index >= 15 is 0 Å². The molecule has 0 aliphatic carbocycles. The van der Waals surface area contributed by atoms with E-state index in [1.54, 1.807) is 0 Å². The second-order valence-electron chi connectivity index (χ2n) is 17.4. The Morgan fingerprint density at radius 1 is 0.429 bits per heavy atom. The fourth-order valence-electron chi connectivity index (χ4n) is 7.87. The van der Waals surface area contributed by atoms with Gasteiger partial charge in [-0.25, -0.2) is 0 Å². The molecule has 0 aromatic rings. The highest BCUT2D eigenvalue weighted by Gasteiger charge is 2.23. The molecule has 0 saturated heterocycles. The zero-order valence-electron chi connectivity index (χ0n) is 37.8. The van der Waals surface area contributed by atoms with Gasteiger partial charge in [0, 0.05) is 0 Å². The van der Waals surface area contributed by atoms with Crippen LogP contribution in [0.4, 0.5) is 0 Å². The van der Waals surface area contributed by atoms with Crippen LogP contribution in [0.5, 0.6) is 0 Å². The van der Waals surface area contributed by atoms with Gasteiger partial charge in [-0.1, -0.05) is 250 Å². The molecule has 0 rings (SSSR count). The maximum absolute atomic E-state index is 12.5. The number of hydrogen-bond donors (Lipinski definition) is 4. The van der Waals surface area contributed by atoms with Crippen molar-refractivity contribution in [2.75, 3.05) is 6.61 Å². The van der Waals surface area contributed by atoms with Gasteiger partial charge in [0.25, 0.3) is 0 Å². The first kappa shape index (κ1) is 54.8. The second-order valence-corrected chi connectivity index (χ2v) is 17.4. The van der Waals surface area contributed by atoms with Crippen molar-refractivity contribution in [3.05, 3.63) is 24.3 Å². The van der Waals surface area contributed by atoms with Crippen LogP contribution < -0.4 is 5.32 Å². The SMILES string of the molecule is CCCCCCCCCCC/C=C\C/C=C\CCCCCCCCCCC(O)C(=O)NC(CO)C(O)CCCCCCCCCCCCCCCCCCCC. The third-order valence-corrected chi connectivity index (χ3v) is 11.8. The molecule has 0 spiro atoms. The third kappa shape index (κ3) is 41.0. The van der Waals surface area contributed by atoms with Crippen molar-refractivity contribution in [3.8, 4) is 0 Å². The van der Waals surface area contributed by atoms with Gasteiger partial charge < -0.3 is 20.6 Å². The van der Waals surface area contributed by atoms with Crippen molar-refractivity contribution < 1.29 is 20.1 Å². The summed E-state index contributed by atoms with van der Waals surface area (Å²) in [4.78, 5) is 12.5. The van der Waals surface area contributed by atoms with E-state index in [4.69, 9.17) is 0 Å². The molecular formula is C51H99NO4. The summed E-state index contributed by atoms with van der Waals surface area (Å²) in [5.74, 6) is -0.472. The Labute approximate surface area is 350 Å². The minimum atomic E-state index is -1.08. The minimum absolute atomic E-state index is 0.314. The number of aliphatic hydroxyl groups excluding tert-OH is 3. The van der Waals surface area contributed by atoms with Crippen LogP contribution in [0.2, 0.25) is 0 Å². The lowest BCUT2D eigenvalue weighted by atomic mass is 10.0. The Balaban J connectivity index is 3.59. The van der Waals surface area contributed by atoms with Gasteiger partial charge >= 0.3 is 0 Å². The van der Waals surface area contributed by atoms with Crippen molar-refractivity contribution >= 4 is 5.91 Å². The highest BCUT2D eigenvalue weighted by atomic mass is 16.3. The Kier molecular flexibility index (Phi) is 45.5. The van der Waals surface area contributed by atoms with Crippen molar-refractivity contribution in [1.29, 1.82) is 0 Å². The summed E-state index contributed by atoms with van der Waals surface area (Å²) in [6.07, 6.45) is 57.6. The van der Waals surface area contributed by atoms with Crippen LogP contribution in [0.1, 0.15) is 271 Å². The molecule has 332 valence electrons. The summed E-state index contributed by atoms with van der Waals surface area (Å²) in [5, 5.41) is 33.4. The molecule has 56 heavy (non-hydrogen) atoms. The third-order valence-electron chi connectivity index (χ3n) is 11.8. The topological polar surface area (TPSA) is 89.8 Å². The lowest BCUT2D eigenvalue weighted by Gasteiger charge is -2.23. The van der Waals surface area contributed by atoms with Crippen LogP contribution in [0.3, 0.4) is 0 Å². The summed E-state index contributed by atoms with van der Waals surface area (Å²) in [6.45, 7) is 4.25. The van der Waals surface area contributed by atoms with E-state index in [0.29, 0.717) is 12.8 Å². The molecule has 0 heterocycles. The molecule has 5 heteroatoms. The number of allylic oxidation sites excluding steroid dienone is 4. The summed E-state index contributed by atoms with van der Waals surface area (Å²) < 4.78 is 0. The summed E-state index contributed by atoms with van der Waals surface area (Å²) >= 11 is 0. The first-order valence-electron chi connectivity index (χ1n) is 25.1. The van der Waals surface area contributed by atoms with Crippen molar-refractivity contribution in [2.45, 2.75) is 289 Å². The van der Waals surface area contributed by atoms with Gasteiger partial charge in [-0.15, -0.1) is 0 Å². The quantitative estimate of drug-likeness (QED) is 0.0365. The zero-order chi connectivity index (χ0) is 40.8. The van der Waals surface area contributed by atoms with E-state index < -0.39 is 24.2 Å². The summed E-state index contributed by atoms with van der Waals surface area (Å²) in [7, 11) is 0. The number of carbonyl (C=O) groups excluding carboxylic acids is 1. The monoisotopic (exact) mass is 790 g/mol. The maximum Gasteiger partial charge on any atom is 0.249 e. The first-order chi connectivity index (χ1) is 27.6. The van der Waals surface area contributed by atoms with Gasteiger partial charge in [0.05, 0.1) is 18.8 Å². The average molecular weight is 790 g/mol. The molecule has 0 radical (unpaired) electrons. The molecule has 0 aromatic heterocycles. The van der Waals surface area contributed by atoms with Gasteiger partial charge in [0.15, 0.2) is 0 Å². The Bertz CT molecular complexity index is 829. The van der Waals surface area contributed by atoms with Gasteiger partial charge in [-0.05, 0) is 44.9 Å². The predicted octanol–water partition coefficient (Wildman–Crippen LogP) is 14.9. The highest BCUT2D eigenvalue weighted by molar-refractivity contribution is 5.80. The van der Waals surface area contributed by atoms with Gasteiger partial charge in [-0.2, -0.15) is 0 Å².